The number of nitrogens with one attached hydrogen (secondary N) is 1. The summed E-state index contributed by atoms with van der Waals surface area (Å²) in [5.41, 5.74) is 2.85. The lowest BCUT2D eigenvalue weighted by Gasteiger charge is -2.25. The van der Waals surface area contributed by atoms with Crippen molar-refractivity contribution in [2.24, 2.45) is 0 Å². The second-order valence-corrected chi connectivity index (χ2v) is 10.1. The van der Waals surface area contributed by atoms with Crippen LogP contribution in [0.2, 0.25) is 0 Å². The van der Waals surface area contributed by atoms with Crippen molar-refractivity contribution in [2.75, 3.05) is 29.3 Å². The summed E-state index contributed by atoms with van der Waals surface area (Å²) in [6.45, 7) is 8.14. The van der Waals surface area contributed by atoms with Gasteiger partial charge in [-0.25, -0.2) is 8.42 Å². The van der Waals surface area contributed by atoms with E-state index in [1.165, 1.54) is 12.1 Å². The fourth-order valence-electron chi connectivity index (χ4n) is 3.91. The second-order valence-electron chi connectivity index (χ2n) is 8.24. The summed E-state index contributed by atoms with van der Waals surface area (Å²) in [6, 6.07) is 20.2. The molecule has 0 aromatic heterocycles. The van der Waals surface area contributed by atoms with Gasteiger partial charge in [0.05, 0.1) is 21.8 Å². The van der Waals surface area contributed by atoms with Crippen LogP contribution in [0.15, 0.2) is 77.7 Å². The Balaban J connectivity index is 1.97. The molecular weight excluding hydrogens is 462 g/mol. The predicted octanol–water partition coefficient (Wildman–Crippen LogP) is 4.62. The molecule has 0 saturated heterocycles. The average molecular weight is 494 g/mol. The molecule has 0 aliphatic rings. The monoisotopic (exact) mass is 493 g/mol. The van der Waals surface area contributed by atoms with Gasteiger partial charge in [-0.15, -0.1) is 0 Å². The molecule has 0 heterocycles. The van der Waals surface area contributed by atoms with E-state index in [2.05, 4.69) is 5.32 Å². The fraction of sp³-hybridized carbons (Fsp3) is 0.259. The second kappa shape index (κ2) is 11.2. The van der Waals surface area contributed by atoms with Crippen LogP contribution in [-0.4, -0.2) is 44.8 Å². The number of carbonyl (C=O) groups excluding carboxylic acids is 2. The highest BCUT2D eigenvalue weighted by atomic mass is 32.2. The molecule has 0 unspecified atom stereocenters. The minimum Gasteiger partial charge on any atom is -0.339 e. The van der Waals surface area contributed by atoms with Gasteiger partial charge in [0.25, 0.3) is 15.9 Å². The molecule has 1 N–H and O–H groups in total. The summed E-state index contributed by atoms with van der Waals surface area (Å²) in [6.07, 6.45) is 0. The largest absolute Gasteiger partial charge is 0.339 e. The van der Waals surface area contributed by atoms with Crippen LogP contribution in [0.5, 0.6) is 0 Å². The molecule has 0 aliphatic carbocycles. The van der Waals surface area contributed by atoms with Crippen LogP contribution in [0.1, 0.15) is 35.3 Å². The average Bonchev–Trinajstić information content (AvgIpc) is 2.83. The maximum Gasteiger partial charge on any atom is 0.264 e. The smallest absolute Gasteiger partial charge is 0.264 e. The molecular formula is C27H31N3O4S. The van der Waals surface area contributed by atoms with Gasteiger partial charge in [0.15, 0.2) is 0 Å². The number of amides is 2. The zero-order valence-corrected chi connectivity index (χ0v) is 21.3. The van der Waals surface area contributed by atoms with Crippen LogP contribution in [-0.2, 0) is 14.8 Å². The fourth-order valence-corrected chi connectivity index (χ4v) is 5.34. The molecule has 3 aromatic rings. The maximum atomic E-state index is 13.6. The number of para-hydroxylation sites is 1. The van der Waals surface area contributed by atoms with E-state index in [1.807, 2.05) is 33.8 Å². The van der Waals surface area contributed by atoms with Crippen molar-refractivity contribution in [3.8, 4) is 0 Å². The van der Waals surface area contributed by atoms with Gasteiger partial charge in [0.2, 0.25) is 5.91 Å². The number of rotatable bonds is 9. The Morgan fingerprint density at radius 2 is 1.40 bits per heavy atom. The standard InChI is InChI=1S/C27H31N3O4S/c1-5-29(6-2)27(32)24-14-10-11-15-25(24)28-26(31)19-30(22-17-20(3)16-21(4)18-22)35(33,34)23-12-8-7-9-13-23/h7-18H,5-6,19H2,1-4H3,(H,28,31). The van der Waals surface area contributed by atoms with Gasteiger partial charge < -0.3 is 10.2 Å². The van der Waals surface area contributed by atoms with E-state index in [9.17, 15) is 18.0 Å². The summed E-state index contributed by atoms with van der Waals surface area (Å²) in [4.78, 5) is 27.9. The number of aryl methyl sites for hydroxylation is 2. The third-order valence-electron chi connectivity index (χ3n) is 5.60. The van der Waals surface area contributed by atoms with Crippen LogP contribution >= 0.6 is 0 Å². The number of nitrogens with zero attached hydrogens (tertiary/aromatic N) is 2. The van der Waals surface area contributed by atoms with E-state index >= 15 is 0 Å². The van der Waals surface area contributed by atoms with Crippen molar-refractivity contribution < 1.29 is 18.0 Å². The SMILES string of the molecule is CCN(CC)C(=O)c1ccccc1NC(=O)CN(c1cc(C)cc(C)c1)S(=O)(=O)c1ccccc1. The van der Waals surface area contributed by atoms with E-state index in [1.54, 1.807) is 59.5 Å². The maximum absolute atomic E-state index is 13.6. The lowest BCUT2D eigenvalue weighted by molar-refractivity contribution is -0.114. The van der Waals surface area contributed by atoms with Gasteiger partial charge in [0.1, 0.15) is 6.54 Å². The molecule has 184 valence electrons. The molecule has 0 fully saturated rings. The van der Waals surface area contributed by atoms with Gasteiger partial charge in [-0.05, 0) is 75.2 Å². The number of hydrogen-bond acceptors (Lipinski definition) is 4. The van der Waals surface area contributed by atoms with Gasteiger partial charge in [0, 0.05) is 13.1 Å². The summed E-state index contributed by atoms with van der Waals surface area (Å²) in [7, 11) is -4.03. The summed E-state index contributed by atoms with van der Waals surface area (Å²) in [5.74, 6) is -0.752. The molecule has 8 heteroatoms. The van der Waals surface area contributed by atoms with E-state index in [0.29, 0.717) is 30.0 Å². The Morgan fingerprint density at radius 3 is 2.00 bits per heavy atom. The lowest BCUT2D eigenvalue weighted by Crippen LogP contribution is -2.38. The third kappa shape index (κ3) is 6.08. The van der Waals surface area contributed by atoms with Gasteiger partial charge in [-0.1, -0.05) is 36.4 Å². The molecule has 7 nitrogen and oxygen atoms in total. The molecule has 35 heavy (non-hydrogen) atoms. The van der Waals surface area contributed by atoms with E-state index in [0.717, 1.165) is 15.4 Å². The van der Waals surface area contributed by atoms with E-state index in [-0.39, 0.29) is 10.8 Å². The third-order valence-corrected chi connectivity index (χ3v) is 7.38. The zero-order chi connectivity index (χ0) is 25.6. The molecule has 0 atom stereocenters. The van der Waals surface area contributed by atoms with Crippen molar-refractivity contribution >= 4 is 33.2 Å². The molecule has 0 aliphatic heterocycles. The Kier molecular flexibility index (Phi) is 8.30. The molecule has 3 rings (SSSR count). The number of benzene rings is 3. The number of anilines is 2. The number of sulfonamides is 1. The van der Waals surface area contributed by atoms with Crippen LogP contribution in [0.25, 0.3) is 0 Å². The van der Waals surface area contributed by atoms with Crippen molar-refractivity contribution in [3.05, 3.63) is 89.5 Å². The molecule has 2 amide bonds. The zero-order valence-electron chi connectivity index (χ0n) is 20.5. The first-order valence-corrected chi connectivity index (χ1v) is 13.0. The Bertz CT molecular complexity index is 1280. The highest BCUT2D eigenvalue weighted by Gasteiger charge is 2.28. The molecule has 0 bridgehead atoms. The van der Waals surface area contributed by atoms with Gasteiger partial charge >= 0.3 is 0 Å². The van der Waals surface area contributed by atoms with Crippen LogP contribution in [0, 0.1) is 13.8 Å². The van der Waals surface area contributed by atoms with Crippen LogP contribution in [0.3, 0.4) is 0 Å². The normalized spacial score (nSPS) is 11.1. The molecule has 0 radical (unpaired) electrons. The first-order chi connectivity index (χ1) is 16.7. The predicted molar refractivity (Wildman–Crippen MR) is 139 cm³/mol. The number of hydrogen-bond donors (Lipinski definition) is 1. The minimum absolute atomic E-state index is 0.0871. The first kappa shape index (κ1) is 26.0. The summed E-state index contributed by atoms with van der Waals surface area (Å²) in [5, 5.41) is 2.75. The first-order valence-electron chi connectivity index (χ1n) is 11.5. The van der Waals surface area contributed by atoms with Crippen molar-refractivity contribution in [1.82, 2.24) is 4.90 Å². The highest BCUT2D eigenvalue weighted by Crippen LogP contribution is 2.26. The highest BCUT2D eigenvalue weighted by molar-refractivity contribution is 7.92. The van der Waals surface area contributed by atoms with Gasteiger partial charge in [-0.2, -0.15) is 0 Å². The Labute approximate surface area is 207 Å². The van der Waals surface area contributed by atoms with Crippen molar-refractivity contribution in [3.63, 3.8) is 0 Å². The van der Waals surface area contributed by atoms with Crippen molar-refractivity contribution in [1.29, 1.82) is 0 Å². The number of carbonyl (C=O) groups is 2. The topological polar surface area (TPSA) is 86.8 Å². The Morgan fingerprint density at radius 1 is 0.829 bits per heavy atom. The Hall–Kier alpha value is -3.65. The van der Waals surface area contributed by atoms with E-state index < -0.39 is 22.5 Å². The summed E-state index contributed by atoms with van der Waals surface area (Å²) >= 11 is 0. The van der Waals surface area contributed by atoms with Crippen LogP contribution < -0.4 is 9.62 Å². The van der Waals surface area contributed by atoms with Crippen LogP contribution in [0.4, 0.5) is 11.4 Å². The summed E-state index contributed by atoms with van der Waals surface area (Å²) < 4.78 is 28.2. The quantitative estimate of drug-likeness (QED) is 0.471. The van der Waals surface area contributed by atoms with Crippen molar-refractivity contribution in [2.45, 2.75) is 32.6 Å². The minimum atomic E-state index is -4.03. The molecule has 0 spiro atoms. The molecule has 3 aromatic carbocycles. The molecule has 0 saturated carbocycles. The van der Waals surface area contributed by atoms with E-state index in [4.69, 9.17) is 0 Å². The van der Waals surface area contributed by atoms with Gasteiger partial charge in [-0.3, -0.25) is 13.9 Å². The lowest BCUT2D eigenvalue weighted by atomic mass is 10.1.